The van der Waals surface area contributed by atoms with E-state index >= 15 is 0 Å². The number of carbonyl (C=O) groups excluding carboxylic acids is 3. The van der Waals surface area contributed by atoms with Gasteiger partial charge in [0.15, 0.2) is 0 Å². The molecule has 8 nitrogen and oxygen atoms in total. The second kappa shape index (κ2) is 5.85. The zero-order valence-electron chi connectivity index (χ0n) is 12.4. The summed E-state index contributed by atoms with van der Waals surface area (Å²) in [5.41, 5.74) is -0.518. The van der Waals surface area contributed by atoms with E-state index < -0.39 is 17.7 Å². The lowest BCUT2D eigenvalue weighted by atomic mass is 9.82. The second-order valence-electron chi connectivity index (χ2n) is 6.16. The summed E-state index contributed by atoms with van der Waals surface area (Å²) in [5.74, 6) is -0.556. The van der Waals surface area contributed by atoms with Crippen LogP contribution in [0.4, 0.5) is 4.79 Å². The molecule has 3 fully saturated rings. The molecule has 3 saturated heterocycles. The number of nitrogens with zero attached hydrogens (tertiary/aromatic N) is 2. The van der Waals surface area contributed by atoms with Gasteiger partial charge in [-0.1, -0.05) is 0 Å². The van der Waals surface area contributed by atoms with Crippen LogP contribution in [-0.2, 0) is 14.3 Å². The Morgan fingerprint density at radius 2 is 2.09 bits per heavy atom. The van der Waals surface area contributed by atoms with Gasteiger partial charge in [-0.15, -0.1) is 0 Å². The third-order valence-electron chi connectivity index (χ3n) is 4.78. The van der Waals surface area contributed by atoms with Crippen LogP contribution in [0.5, 0.6) is 0 Å². The number of amides is 4. The SMILES string of the molecule is O=C1CN(CC(=O)N2CCC3(CC2)OCCCC3O)C(=O)N1. The molecule has 1 unspecified atom stereocenters. The summed E-state index contributed by atoms with van der Waals surface area (Å²) >= 11 is 0. The molecule has 8 heteroatoms. The molecule has 1 spiro atoms. The van der Waals surface area contributed by atoms with Crippen molar-refractivity contribution < 1.29 is 24.2 Å². The number of aliphatic hydroxyl groups excluding tert-OH is 1. The van der Waals surface area contributed by atoms with Crippen molar-refractivity contribution >= 4 is 17.8 Å². The molecule has 1 atom stereocenters. The number of likely N-dealkylation sites (tertiary alicyclic amines) is 1. The lowest BCUT2D eigenvalue weighted by molar-refractivity contribution is -0.179. The standard InChI is InChI=1S/C14H21N3O5/c18-10-2-1-7-22-14(10)3-5-16(6-4-14)12(20)9-17-8-11(19)15-13(17)21/h10,18H,1-9H2,(H,15,19,21). The summed E-state index contributed by atoms with van der Waals surface area (Å²) in [6.07, 6.45) is 2.34. The van der Waals surface area contributed by atoms with Crippen molar-refractivity contribution in [1.29, 1.82) is 0 Å². The fourth-order valence-electron chi connectivity index (χ4n) is 3.40. The highest BCUT2D eigenvalue weighted by atomic mass is 16.5. The molecule has 3 aliphatic rings. The molecule has 0 bridgehead atoms. The predicted molar refractivity (Wildman–Crippen MR) is 74.8 cm³/mol. The maximum Gasteiger partial charge on any atom is 0.325 e. The lowest BCUT2D eigenvalue weighted by Gasteiger charge is -2.46. The number of piperidine rings is 1. The molecule has 0 radical (unpaired) electrons. The first-order valence-corrected chi connectivity index (χ1v) is 7.69. The summed E-state index contributed by atoms with van der Waals surface area (Å²) in [4.78, 5) is 37.7. The Labute approximate surface area is 128 Å². The van der Waals surface area contributed by atoms with Gasteiger partial charge < -0.3 is 19.6 Å². The van der Waals surface area contributed by atoms with Crippen LogP contribution in [0.2, 0.25) is 0 Å². The molecular formula is C14H21N3O5. The van der Waals surface area contributed by atoms with Gasteiger partial charge >= 0.3 is 6.03 Å². The van der Waals surface area contributed by atoms with Crippen molar-refractivity contribution in [1.82, 2.24) is 15.1 Å². The third-order valence-corrected chi connectivity index (χ3v) is 4.78. The molecule has 0 aromatic carbocycles. The molecule has 4 amide bonds. The number of nitrogens with one attached hydrogen (secondary N) is 1. The smallest absolute Gasteiger partial charge is 0.325 e. The first kappa shape index (κ1) is 15.2. The number of hydrogen-bond acceptors (Lipinski definition) is 5. The van der Waals surface area contributed by atoms with Crippen LogP contribution in [0, 0.1) is 0 Å². The van der Waals surface area contributed by atoms with Gasteiger partial charge in [-0.25, -0.2) is 4.79 Å². The topological polar surface area (TPSA) is 99.2 Å². The van der Waals surface area contributed by atoms with Gasteiger partial charge in [0.05, 0.1) is 11.7 Å². The zero-order chi connectivity index (χ0) is 15.7. The van der Waals surface area contributed by atoms with Gasteiger partial charge in [0.25, 0.3) is 0 Å². The predicted octanol–water partition coefficient (Wildman–Crippen LogP) is -0.929. The van der Waals surface area contributed by atoms with Gasteiger partial charge in [0, 0.05) is 19.7 Å². The van der Waals surface area contributed by atoms with Gasteiger partial charge in [0.1, 0.15) is 13.1 Å². The molecule has 3 rings (SSSR count). The van der Waals surface area contributed by atoms with E-state index in [0.29, 0.717) is 32.5 Å². The minimum Gasteiger partial charge on any atom is -0.390 e. The maximum atomic E-state index is 12.2. The monoisotopic (exact) mass is 311 g/mol. The van der Waals surface area contributed by atoms with Gasteiger partial charge in [-0.3, -0.25) is 14.9 Å². The summed E-state index contributed by atoms with van der Waals surface area (Å²) in [6, 6.07) is -0.516. The van der Waals surface area contributed by atoms with E-state index in [1.807, 2.05) is 0 Å². The maximum absolute atomic E-state index is 12.2. The van der Waals surface area contributed by atoms with Crippen molar-refractivity contribution in [2.75, 3.05) is 32.8 Å². The number of imide groups is 1. The van der Waals surface area contributed by atoms with Crippen LogP contribution >= 0.6 is 0 Å². The molecule has 3 heterocycles. The average molecular weight is 311 g/mol. The van der Waals surface area contributed by atoms with Gasteiger partial charge in [0.2, 0.25) is 11.8 Å². The van der Waals surface area contributed by atoms with Crippen LogP contribution < -0.4 is 5.32 Å². The quantitative estimate of drug-likeness (QED) is 0.642. The Kier molecular flexibility index (Phi) is 4.05. The number of hydrogen-bond donors (Lipinski definition) is 2. The highest BCUT2D eigenvalue weighted by Crippen LogP contribution is 2.35. The molecule has 0 aliphatic carbocycles. The summed E-state index contributed by atoms with van der Waals surface area (Å²) < 4.78 is 5.80. The number of urea groups is 1. The molecule has 3 aliphatic heterocycles. The summed E-state index contributed by atoms with van der Waals surface area (Å²) in [6.45, 7) is 1.50. The molecular weight excluding hydrogens is 290 g/mol. The zero-order valence-corrected chi connectivity index (χ0v) is 12.4. The van der Waals surface area contributed by atoms with E-state index in [0.717, 1.165) is 12.8 Å². The Bertz CT molecular complexity index is 487. The van der Waals surface area contributed by atoms with Crippen molar-refractivity contribution in [3.63, 3.8) is 0 Å². The van der Waals surface area contributed by atoms with Gasteiger partial charge in [-0.05, 0) is 25.7 Å². The average Bonchev–Trinajstić information content (AvgIpc) is 2.81. The van der Waals surface area contributed by atoms with E-state index in [1.165, 1.54) is 4.90 Å². The van der Waals surface area contributed by atoms with Crippen LogP contribution in [0.25, 0.3) is 0 Å². The summed E-state index contributed by atoms with van der Waals surface area (Å²) in [5, 5.41) is 12.3. The number of rotatable bonds is 2. The van der Waals surface area contributed by atoms with Crippen LogP contribution in [0.1, 0.15) is 25.7 Å². The Hall–Kier alpha value is -1.67. The number of aliphatic hydroxyl groups is 1. The van der Waals surface area contributed by atoms with Crippen molar-refractivity contribution in [2.24, 2.45) is 0 Å². The van der Waals surface area contributed by atoms with Crippen LogP contribution in [0.15, 0.2) is 0 Å². The Balaban J connectivity index is 1.54. The van der Waals surface area contributed by atoms with Gasteiger partial charge in [-0.2, -0.15) is 0 Å². The van der Waals surface area contributed by atoms with Crippen LogP contribution in [0.3, 0.4) is 0 Å². The molecule has 122 valence electrons. The molecule has 2 N–H and O–H groups in total. The Morgan fingerprint density at radius 3 is 2.68 bits per heavy atom. The molecule has 22 heavy (non-hydrogen) atoms. The van der Waals surface area contributed by atoms with E-state index in [1.54, 1.807) is 4.90 Å². The number of ether oxygens (including phenoxy) is 1. The van der Waals surface area contributed by atoms with Crippen molar-refractivity contribution in [3.8, 4) is 0 Å². The molecule has 0 saturated carbocycles. The largest absolute Gasteiger partial charge is 0.390 e. The second-order valence-corrected chi connectivity index (χ2v) is 6.16. The third kappa shape index (κ3) is 2.80. The van der Waals surface area contributed by atoms with Crippen molar-refractivity contribution in [2.45, 2.75) is 37.4 Å². The van der Waals surface area contributed by atoms with E-state index in [9.17, 15) is 19.5 Å². The fourth-order valence-corrected chi connectivity index (χ4v) is 3.40. The highest BCUT2D eigenvalue weighted by Gasteiger charge is 2.44. The minimum atomic E-state index is -0.518. The Morgan fingerprint density at radius 1 is 1.36 bits per heavy atom. The normalized spacial score (nSPS) is 28.1. The highest BCUT2D eigenvalue weighted by molar-refractivity contribution is 6.03. The first-order valence-electron chi connectivity index (χ1n) is 7.69. The first-order chi connectivity index (χ1) is 10.5. The van der Waals surface area contributed by atoms with Crippen LogP contribution in [-0.4, -0.2) is 77.2 Å². The fraction of sp³-hybridized carbons (Fsp3) is 0.786. The van der Waals surface area contributed by atoms with E-state index in [-0.39, 0.29) is 24.9 Å². The lowest BCUT2D eigenvalue weighted by Crippen LogP contribution is -2.57. The van der Waals surface area contributed by atoms with E-state index in [2.05, 4.69) is 5.32 Å². The van der Waals surface area contributed by atoms with E-state index in [4.69, 9.17) is 4.74 Å². The minimum absolute atomic E-state index is 0.0653. The molecule has 0 aromatic heterocycles. The summed E-state index contributed by atoms with van der Waals surface area (Å²) in [7, 11) is 0. The van der Waals surface area contributed by atoms with Crippen molar-refractivity contribution in [3.05, 3.63) is 0 Å². The number of carbonyl (C=O) groups is 3. The molecule has 0 aromatic rings.